The number of carbonyl (C=O) groups excluding carboxylic acids is 1. The first-order chi connectivity index (χ1) is 9.19. The highest BCUT2D eigenvalue weighted by molar-refractivity contribution is 9.10. The third-order valence-corrected chi connectivity index (χ3v) is 4.78. The van der Waals surface area contributed by atoms with E-state index in [1.54, 1.807) is 0 Å². The van der Waals surface area contributed by atoms with Crippen molar-refractivity contribution in [1.82, 2.24) is 9.80 Å². The van der Waals surface area contributed by atoms with Gasteiger partial charge in [0.25, 0.3) is 5.91 Å². The zero-order chi connectivity index (χ0) is 13.4. The van der Waals surface area contributed by atoms with Gasteiger partial charge in [-0.05, 0) is 43.6 Å². The molecule has 19 heavy (non-hydrogen) atoms. The topological polar surface area (TPSA) is 23.6 Å². The Hall–Kier alpha value is -0.870. The number of rotatable bonds is 3. The molecule has 2 aliphatic heterocycles. The van der Waals surface area contributed by atoms with Gasteiger partial charge in [0.2, 0.25) is 0 Å². The second-order valence-electron chi connectivity index (χ2n) is 5.41. The van der Waals surface area contributed by atoms with E-state index < -0.39 is 0 Å². The number of hydrogen-bond acceptors (Lipinski definition) is 2. The molecule has 1 amide bonds. The van der Waals surface area contributed by atoms with Crippen molar-refractivity contribution < 1.29 is 4.79 Å². The minimum absolute atomic E-state index is 0.194. The van der Waals surface area contributed by atoms with E-state index in [4.69, 9.17) is 0 Å². The Morgan fingerprint density at radius 1 is 1.42 bits per heavy atom. The highest BCUT2D eigenvalue weighted by Gasteiger charge is 2.32. The van der Waals surface area contributed by atoms with E-state index in [1.807, 2.05) is 17.0 Å². The van der Waals surface area contributed by atoms with Crippen LogP contribution >= 0.6 is 15.9 Å². The van der Waals surface area contributed by atoms with E-state index in [9.17, 15) is 4.79 Å². The molecule has 1 saturated heterocycles. The lowest BCUT2D eigenvalue weighted by atomic mass is 10.1. The van der Waals surface area contributed by atoms with E-state index in [0.29, 0.717) is 6.04 Å². The van der Waals surface area contributed by atoms with Crippen LogP contribution < -0.4 is 0 Å². The minimum atomic E-state index is 0.194. The maximum absolute atomic E-state index is 12.4. The van der Waals surface area contributed by atoms with Gasteiger partial charge in [-0.3, -0.25) is 9.69 Å². The van der Waals surface area contributed by atoms with Gasteiger partial charge in [-0.25, -0.2) is 0 Å². The van der Waals surface area contributed by atoms with E-state index in [-0.39, 0.29) is 5.91 Å². The molecule has 0 aliphatic carbocycles. The molecule has 3 rings (SSSR count). The fraction of sp³-hybridized carbons (Fsp3) is 0.533. The molecule has 0 saturated carbocycles. The first-order valence-corrected chi connectivity index (χ1v) is 7.80. The average molecular weight is 323 g/mol. The summed E-state index contributed by atoms with van der Waals surface area (Å²) in [5.74, 6) is 0.194. The lowest BCUT2D eigenvalue weighted by Gasteiger charge is -2.27. The summed E-state index contributed by atoms with van der Waals surface area (Å²) in [6.07, 6.45) is 2.48. The summed E-state index contributed by atoms with van der Waals surface area (Å²) in [6, 6.07) is 6.57. The second-order valence-corrected chi connectivity index (χ2v) is 6.33. The largest absolute Gasteiger partial charge is 0.333 e. The van der Waals surface area contributed by atoms with Gasteiger partial charge in [-0.15, -0.1) is 0 Å². The molecular formula is C15H19BrN2O. The predicted molar refractivity (Wildman–Crippen MR) is 79.2 cm³/mol. The Labute approximate surface area is 122 Å². The highest BCUT2D eigenvalue weighted by atomic mass is 79.9. The molecule has 1 unspecified atom stereocenters. The summed E-state index contributed by atoms with van der Waals surface area (Å²) in [5, 5.41) is 0. The SMILES string of the molecule is CCN1CCCC1CN1Cc2ccc(Br)cc2C1=O. The summed E-state index contributed by atoms with van der Waals surface area (Å²) in [5.41, 5.74) is 2.03. The van der Waals surface area contributed by atoms with Crippen molar-refractivity contribution in [3.63, 3.8) is 0 Å². The molecule has 2 aliphatic rings. The maximum Gasteiger partial charge on any atom is 0.254 e. The molecule has 0 radical (unpaired) electrons. The number of likely N-dealkylation sites (N-methyl/N-ethyl adjacent to an activating group) is 1. The van der Waals surface area contributed by atoms with Crippen molar-refractivity contribution >= 4 is 21.8 Å². The molecule has 102 valence electrons. The molecule has 3 nitrogen and oxygen atoms in total. The van der Waals surface area contributed by atoms with Crippen LogP contribution in [0.25, 0.3) is 0 Å². The van der Waals surface area contributed by atoms with Crippen LogP contribution in [-0.2, 0) is 6.54 Å². The number of amides is 1. The molecule has 0 bridgehead atoms. The van der Waals surface area contributed by atoms with Crippen molar-refractivity contribution in [3.8, 4) is 0 Å². The summed E-state index contributed by atoms with van der Waals surface area (Å²) in [7, 11) is 0. The molecule has 2 heterocycles. The van der Waals surface area contributed by atoms with E-state index in [0.717, 1.165) is 35.2 Å². The van der Waals surface area contributed by atoms with Crippen molar-refractivity contribution in [2.24, 2.45) is 0 Å². The van der Waals surface area contributed by atoms with Crippen molar-refractivity contribution in [1.29, 1.82) is 0 Å². The van der Waals surface area contributed by atoms with Crippen LogP contribution in [0, 0.1) is 0 Å². The Bertz CT molecular complexity index is 503. The molecular weight excluding hydrogens is 304 g/mol. The zero-order valence-electron chi connectivity index (χ0n) is 11.2. The quantitative estimate of drug-likeness (QED) is 0.854. The Kier molecular flexibility index (Phi) is 3.63. The Morgan fingerprint density at radius 2 is 2.26 bits per heavy atom. The Morgan fingerprint density at radius 3 is 3.05 bits per heavy atom. The van der Waals surface area contributed by atoms with Crippen LogP contribution in [-0.4, -0.2) is 41.4 Å². The minimum Gasteiger partial charge on any atom is -0.333 e. The number of likely N-dealkylation sites (tertiary alicyclic amines) is 1. The van der Waals surface area contributed by atoms with Gasteiger partial charge in [-0.1, -0.05) is 28.9 Å². The summed E-state index contributed by atoms with van der Waals surface area (Å²) < 4.78 is 0.984. The molecule has 1 atom stereocenters. The normalized spacial score (nSPS) is 23.2. The molecule has 1 fully saturated rings. The molecule has 0 spiro atoms. The zero-order valence-corrected chi connectivity index (χ0v) is 12.8. The number of halogens is 1. The fourth-order valence-corrected chi connectivity index (χ4v) is 3.61. The number of benzene rings is 1. The van der Waals surface area contributed by atoms with Gasteiger partial charge in [0.15, 0.2) is 0 Å². The first kappa shape index (κ1) is 13.1. The van der Waals surface area contributed by atoms with Gasteiger partial charge < -0.3 is 4.90 Å². The summed E-state index contributed by atoms with van der Waals surface area (Å²) in [4.78, 5) is 16.9. The smallest absolute Gasteiger partial charge is 0.254 e. The highest BCUT2D eigenvalue weighted by Crippen LogP contribution is 2.27. The second kappa shape index (κ2) is 5.25. The third-order valence-electron chi connectivity index (χ3n) is 4.29. The van der Waals surface area contributed by atoms with Gasteiger partial charge in [0.1, 0.15) is 0 Å². The molecule has 0 N–H and O–H groups in total. The van der Waals surface area contributed by atoms with Crippen LogP contribution in [0.4, 0.5) is 0 Å². The number of fused-ring (bicyclic) bond motifs is 1. The summed E-state index contributed by atoms with van der Waals surface area (Å²) >= 11 is 3.44. The molecule has 0 aromatic heterocycles. The van der Waals surface area contributed by atoms with Crippen molar-refractivity contribution in [3.05, 3.63) is 33.8 Å². The first-order valence-electron chi connectivity index (χ1n) is 7.01. The van der Waals surface area contributed by atoms with Gasteiger partial charge in [0.05, 0.1) is 0 Å². The van der Waals surface area contributed by atoms with Gasteiger partial charge in [0, 0.05) is 29.2 Å². The average Bonchev–Trinajstić information content (AvgIpc) is 2.97. The lowest BCUT2D eigenvalue weighted by Crippen LogP contribution is -2.40. The van der Waals surface area contributed by atoms with Gasteiger partial charge >= 0.3 is 0 Å². The maximum atomic E-state index is 12.4. The van der Waals surface area contributed by atoms with Crippen LogP contribution in [0.15, 0.2) is 22.7 Å². The standard InChI is InChI=1S/C15H19BrN2O/c1-2-17-7-3-4-13(17)10-18-9-11-5-6-12(16)8-14(11)15(18)19/h5-6,8,13H,2-4,7,9-10H2,1H3. The number of hydrogen-bond donors (Lipinski definition) is 0. The van der Waals surface area contributed by atoms with Crippen LogP contribution in [0.3, 0.4) is 0 Å². The van der Waals surface area contributed by atoms with Gasteiger partial charge in [-0.2, -0.15) is 0 Å². The lowest BCUT2D eigenvalue weighted by molar-refractivity contribution is 0.0731. The molecule has 1 aromatic carbocycles. The van der Waals surface area contributed by atoms with Crippen LogP contribution in [0.5, 0.6) is 0 Å². The van der Waals surface area contributed by atoms with Crippen molar-refractivity contribution in [2.75, 3.05) is 19.6 Å². The molecule has 1 aromatic rings. The van der Waals surface area contributed by atoms with E-state index in [1.165, 1.54) is 19.4 Å². The fourth-order valence-electron chi connectivity index (χ4n) is 3.25. The van der Waals surface area contributed by atoms with E-state index >= 15 is 0 Å². The number of nitrogens with zero attached hydrogens (tertiary/aromatic N) is 2. The van der Waals surface area contributed by atoms with Crippen molar-refractivity contribution in [2.45, 2.75) is 32.4 Å². The molecule has 4 heteroatoms. The Balaban J connectivity index is 1.73. The number of carbonyl (C=O) groups is 1. The predicted octanol–water partition coefficient (Wildman–Crippen LogP) is 2.89. The van der Waals surface area contributed by atoms with Crippen LogP contribution in [0.2, 0.25) is 0 Å². The monoisotopic (exact) mass is 322 g/mol. The van der Waals surface area contributed by atoms with Crippen LogP contribution in [0.1, 0.15) is 35.7 Å². The summed E-state index contributed by atoms with van der Waals surface area (Å²) in [6.45, 7) is 6.12. The van der Waals surface area contributed by atoms with E-state index in [2.05, 4.69) is 33.8 Å². The third kappa shape index (κ3) is 2.43.